The molecule has 0 radical (unpaired) electrons. The fourth-order valence-electron chi connectivity index (χ4n) is 3.72. The fraction of sp³-hybridized carbons (Fsp3) is 0.333. The number of aromatic amines is 1. The lowest BCUT2D eigenvalue weighted by atomic mass is 9.93. The van der Waals surface area contributed by atoms with E-state index in [1.165, 1.54) is 54.6 Å². The van der Waals surface area contributed by atoms with Gasteiger partial charge in [0, 0.05) is 23.7 Å². The summed E-state index contributed by atoms with van der Waals surface area (Å²) in [5.74, 6) is 0.690. The van der Waals surface area contributed by atoms with Gasteiger partial charge in [-0.25, -0.2) is 0 Å². The summed E-state index contributed by atoms with van der Waals surface area (Å²) in [6.45, 7) is 3.61. The number of piperidine rings is 1. The van der Waals surface area contributed by atoms with Crippen molar-refractivity contribution < 1.29 is 0 Å². The Hall–Kier alpha value is -2.06. The van der Waals surface area contributed by atoms with E-state index in [4.69, 9.17) is 0 Å². The lowest BCUT2D eigenvalue weighted by Crippen LogP contribution is -2.34. The second-order valence-corrected chi connectivity index (χ2v) is 6.66. The van der Waals surface area contributed by atoms with Crippen LogP contribution in [0.25, 0.3) is 10.9 Å². The monoisotopic (exact) mass is 304 g/mol. The van der Waals surface area contributed by atoms with Crippen molar-refractivity contribution in [3.8, 4) is 0 Å². The first-order valence-corrected chi connectivity index (χ1v) is 8.72. The van der Waals surface area contributed by atoms with Crippen molar-refractivity contribution >= 4 is 10.9 Å². The Morgan fingerprint density at radius 3 is 2.43 bits per heavy atom. The molecule has 2 heterocycles. The number of H-pyrrole nitrogens is 1. The van der Waals surface area contributed by atoms with Crippen LogP contribution in [0.2, 0.25) is 0 Å². The van der Waals surface area contributed by atoms with E-state index in [1.807, 2.05) is 0 Å². The van der Waals surface area contributed by atoms with Gasteiger partial charge in [0.2, 0.25) is 0 Å². The Morgan fingerprint density at radius 2 is 1.65 bits per heavy atom. The Morgan fingerprint density at radius 1 is 0.913 bits per heavy atom. The molecule has 1 fully saturated rings. The minimum Gasteiger partial charge on any atom is -0.358 e. The number of para-hydroxylation sites is 1. The number of likely N-dealkylation sites (tertiary alicyclic amines) is 1. The number of nitrogens with zero attached hydrogens (tertiary/aromatic N) is 1. The molecule has 2 aromatic carbocycles. The van der Waals surface area contributed by atoms with Crippen molar-refractivity contribution in [2.24, 2.45) is 0 Å². The van der Waals surface area contributed by atoms with Crippen LogP contribution in [0.3, 0.4) is 0 Å². The third kappa shape index (κ3) is 3.32. The lowest BCUT2D eigenvalue weighted by molar-refractivity contribution is 0.213. The largest absolute Gasteiger partial charge is 0.358 e. The van der Waals surface area contributed by atoms with Gasteiger partial charge in [-0.05, 0) is 55.4 Å². The molecule has 0 atom stereocenters. The molecular formula is C21H24N2. The molecule has 4 rings (SSSR count). The van der Waals surface area contributed by atoms with Crippen LogP contribution in [0.1, 0.15) is 30.0 Å². The summed E-state index contributed by atoms with van der Waals surface area (Å²) in [5, 5.41) is 1.34. The Kier molecular flexibility index (Phi) is 4.16. The molecule has 0 amide bonds. The fourth-order valence-corrected chi connectivity index (χ4v) is 3.72. The minimum absolute atomic E-state index is 0.690. The molecule has 2 nitrogen and oxygen atoms in total. The van der Waals surface area contributed by atoms with Crippen LogP contribution in [0.15, 0.2) is 60.7 Å². The van der Waals surface area contributed by atoms with Crippen LogP contribution >= 0.6 is 0 Å². The first kappa shape index (κ1) is 14.5. The van der Waals surface area contributed by atoms with Crippen molar-refractivity contribution in [1.82, 2.24) is 9.88 Å². The topological polar surface area (TPSA) is 19.0 Å². The van der Waals surface area contributed by atoms with Crippen LogP contribution in [-0.2, 0) is 6.42 Å². The molecular weight excluding hydrogens is 280 g/mol. The summed E-state index contributed by atoms with van der Waals surface area (Å²) in [5.41, 5.74) is 4.15. The van der Waals surface area contributed by atoms with Gasteiger partial charge in [0.05, 0.1) is 0 Å². The van der Waals surface area contributed by atoms with E-state index < -0.39 is 0 Å². The van der Waals surface area contributed by atoms with Crippen LogP contribution in [0.5, 0.6) is 0 Å². The highest BCUT2D eigenvalue weighted by molar-refractivity contribution is 5.80. The summed E-state index contributed by atoms with van der Waals surface area (Å²) in [6, 6.07) is 21.8. The summed E-state index contributed by atoms with van der Waals surface area (Å²) in [4.78, 5) is 6.24. The number of hydrogen-bond acceptors (Lipinski definition) is 1. The zero-order valence-electron chi connectivity index (χ0n) is 13.5. The van der Waals surface area contributed by atoms with Gasteiger partial charge in [0.15, 0.2) is 0 Å². The zero-order valence-corrected chi connectivity index (χ0v) is 13.5. The molecule has 118 valence electrons. The SMILES string of the molecule is c1ccc(CCN2CCC(c3cc4ccccc4[nH]3)CC2)cc1. The average molecular weight is 304 g/mol. The van der Waals surface area contributed by atoms with Gasteiger partial charge in [-0.2, -0.15) is 0 Å². The molecule has 1 N–H and O–H groups in total. The molecule has 1 aliphatic heterocycles. The summed E-state index contributed by atoms with van der Waals surface area (Å²) >= 11 is 0. The lowest BCUT2D eigenvalue weighted by Gasteiger charge is -2.31. The van der Waals surface area contributed by atoms with Gasteiger partial charge in [-0.15, -0.1) is 0 Å². The summed E-state index contributed by atoms with van der Waals surface area (Å²) in [6.07, 6.45) is 3.70. The molecule has 1 saturated heterocycles. The number of rotatable bonds is 4. The summed E-state index contributed by atoms with van der Waals surface area (Å²) in [7, 11) is 0. The maximum absolute atomic E-state index is 3.62. The first-order chi connectivity index (χ1) is 11.4. The van der Waals surface area contributed by atoms with Gasteiger partial charge >= 0.3 is 0 Å². The number of aromatic nitrogens is 1. The van der Waals surface area contributed by atoms with Crippen LogP contribution in [-0.4, -0.2) is 29.5 Å². The second-order valence-electron chi connectivity index (χ2n) is 6.66. The number of fused-ring (bicyclic) bond motifs is 1. The van der Waals surface area contributed by atoms with Crippen LogP contribution in [0, 0.1) is 0 Å². The molecule has 3 aromatic rings. The van der Waals surface area contributed by atoms with Crippen LogP contribution < -0.4 is 0 Å². The molecule has 0 spiro atoms. The van der Waals surface area contributed by atoms with Crippen molar-refractivity contribution in [1.29, 1.82) is 0 Å². The average Bonchev–Trinajstić information content (AvgIpc) is 3.05. The van der Waals surface area contributed by atoms with E-state index in [-0.39, 0.29) is 0 Å². The molecule has 2 heteroatoms. The maximum atomic E-state index is 3.62. The molecule has 0 aliphatic carbocycles. The van der Waals surface area contributed by atoms with Crippen molar-refractivity contribution in [2.45, 2.75) is 25.2 Å². The quantitative estimate of drug-likeness (QED) is 0.747. The highest BCUT2D eigenvalue weighted by atomic mass is 15.1. The molecule has 0 unspecified atom stereocenters. The van der Waals surface area contributed by atoms with Gasteiger partial charge in [0.25, 0.3) is 0 Å². The molecule has 23 heavy (non-hydrogen) atoms. The molecule has 0 saturated carbocycles. The molecule has 1 aromatic heterocycles. The normalized spacial score (nSPS) is 16.9. The Bertz CT molecular complexity index is 719. The standard InChI is InChI=1S/C21H24N2/c1-2-6-17(7-3-1)10-13-23-14-11-18(12-15-23)21-16-19-8-4-5-9-20(19)22-21/h1-9,16,18,22H,10-15H2. The third-order valence-corrected chi connectivity index (χ3v) is 5.14. The van der Waals surface area contributed by atoms with Gasteiger partial charge in [-0.3, -0.25) is 0 Å². The highest BCUT2D eigenvalue weighted by Crippen LogP contribution is 2.29. The van der Waals surface area contributed by atoms with E-state index >= 15 is 0 Å². The van der Waals surface area contributed by atoms with Gasteiger partial charge in [0.1, 0.15) is 0 Å². The number of benzene rings is 2. The van der Waals surface area contributed by atoms with E-state index in [1.54, 1.807) is 0 Å². The summed E-state index contributed by atoms with van der Waals surface area (Å²) < 4.78 is 0. The predicted molar refractivity (Wildman–Crippen MR) is 96.9 cm³/mol. The highest BCUT2D eigenvalue weighted by Gasteiger charge is 2.21. The number of hydrogen-bond donors (Lipinski definition) is 1. The zero-order chi connectivity index (χ0) is 15.5. The van der Waals surface area contributed by atoms with E-state index in [2.05, 4.69) is 70.5 Å². The smallest absolute Gasteiger partial charge is 0.0456 e. The predicted octanol–water partition coefficient (Wildman–Crippen LogP) is 4.59. The van der Waals surface area contributed by atoms with E-state index in [0.29, 0.717) is 5.92 Å². The van der Waals surface area contributed by atoms with Crippen molar-refractivity contribution in [2.75, 3.05) is 19.6 Å². The van der Waals surface area contributed by atoms with Crippen molar-refractivity contribution in [3.63, 3.8) is 0 Å². The number of nitrogens with one attached hydrogen (secondary N) is 1. The van der Waals surface area contributed by atoms with E-state index in [0.717, 1.165) is 6.42 Å². The first-order valence-electron chi connectivity index (χ1n) is 8.72. The van der Waals surface area contributed by atoms with Crippen LogP contribution in [0.4, 0.5) is 0 Å². The van der Waals surface area contributed by atoms with E-state index in [9.17, 15) is 0 Å². The Labute approximate surface area is 138 Å². The second kappa shape index (κ2) is 6.59. The molecule has 1 aliphatic rings. The molecule has 0 bridgehead atoms. The van der Waals surface area contributed by atoms with Crippen molar-refractivity contribution in [3.05, 3.63) is 71.9 Å². The van der Waals surface area contributed by atoms with Gasteiger partial charge in [-0.1, -0.05) is 48.5 Å². The minimum atomic E-state index is 0.690. The maximum Gasteiger partial charge on any atom is 0.0456 e. The van der Waals surface area contributed by atoms with Gasteiger partial charge < -0.3 is 9.88 Å². The Balaban J connectivity index is 1.33. The third-order valence-electron chi connectivity index (χ3n) is 5.14.